The molecule has 5 nitrogen and oxygen atoms in total. The Morgan fingerprint density at radius 1 is 1.03 bits per heavy atom. The lowest BCUT2D eigenvalue weighted by Crippen LogP contribution is -2.29. The Labute approximate surface area is 174 Å². The molecule has 0 amide bonds. The van der Waals surface area contributed by atoms with Gasteiger partial charge in [0.05, 0.1) is 12.0 Å². The van der Waals surface area contributed by atoms with Crippen molar-refractivity contribution >= 4 is 20.9 Å². The van der Waals surface area contributed by atoms with Crippen molar-refractivity contribution in [2.45, 2.75) is 10.8 Å². The van der Waals surface area contributed by atoms with Gasteiger partial charge in [-0.05, 0) is 47.5 Å². The zero-order chi connectivity index (χ0) is 21.1. The molecule has 0 spiro atoms. The van der Waals surface area contributed by atoms with Crippen LogP contribution in [0.5, 0.6) is 5.75 Å². The number of H-pyrrole nitrogens is 1. The summed E-state index contributed by atoms with van der Waals surface area (Å²) in [5.41, 5.74) is 2.87. The maximum absolute atomic E-state index is 13.5. The smallest absolute Gasteiger partial charge is 0.240 e. The summed E-state index contributed by atoms with van der Waals surface area (Å²) in [5.74, 6) is -0.131. The zero-order valence-corrected chi connectivity index (χ0v) is 17.1. The molecule has 3 aromatic carbocycles. The summed E-state index contributed by atoms with van der Waals surface area (Å²) in [7, 11) is -2.27. The van der Waals surface area contributed by atoms with Crippen molar-refractivity contribution in [3.63, 3.8) is 0 Å². The molecule has 1 heterocycles. The van der Waals surface area contributed by atoms with Crippen molar-refractivity contribution in [2.24, 2.45) is 0 Å². The van der Waals surface area contributed by atoms with Crippen LogP contribution in [0, 0.1) is 5.82 Å². The van der Waals surface area contributed by atoms with E-state index in [0.29, 0.717) is 0 Å². The van der Waals surface area contributed by atoms with E-state index in [4.69, 9.17) is 4.74 Å². The predicted octanol–water partition coefficient (Wildman–Crippen LogP) is 4.43. The molecule has 154 valence electrons. The number of halogens is 1. The van der Waals surface area contributed by atoms with Crippen LogP contribution in [-0.4, -0.2) is 27.1 Å². The second-order valence-electron chi connectivity index (χ2n) is 6.92. The van der Waals surface area contributed by atoms with Crippen LogP contribution < -0.4 is 9.46 Å². The van der Waals surface area contributed by atoms with Crippen LogP contribution in [0.1, 0.15) is 17.0 Å². The van der Waals surface area contributed by atoms with Crippen LogP contribution in [-0.2, 0) is 10.0 Å². The normalized spacial score (nSPS) is 12.7. The van der Waals surface area contributed by atoms with Gasteiger partial charge in [0.25, 0.3) is 0 Å². The number of hydrogen-bond donors (Lipinski definition) is 2. The fourth-order valence-electron chi connectivity index (χ4n) is 3.54. The monoisotopic (exact) mass is 424 g/mol. The van der Waals surface area contributed by atoms with Crippen LogP contribution in [0.2, 0.25) is 0 Å². The molecule has 0 saturated heterocycles. The molecule has 30 heavy (non-hydrogen) atoms. The first-order chi connectivity index (χ1) is 14.5. The van der Waals surface area contributed by atoms with E-state index in [9.17, 15) is 12.8 Å². The maximum atomic E-state index is 13.5. The average molecular weight is 424 g/mol. The number of methoxy groups -OCH3 is 1. The summed E-state index contributed by atoms with van der Waals surface area (Å²) in [6.07, 6.45) is 1.90. The number of ether oxygens (including phenoxy) is 1. The van der Waals surface area contributed by atoms with Gasteiger partial charge in [0, 0.05) is 29.6 Å². The summed E-state index contributed by atoms with van der Waals surface area (Å²) in [4.78, 5) is 3.14. The number of aromatic amines is 1. The minimum Gasteiger partial charge on any atom is -0.497 e. The van der Waals surface area contributed by atoms with Crippen LogP contribution in [0.15, 0.2) is 83.9 Å². The summed E-state index contributed by atoms with van der Waals surface area (Å²) in [6, 6.07) is 20.4. The first-order valence-corrected chi connectivity index (χ1v) is 10.9. The predicted molar refractivity (Wildman–Crippen MR) is 115 cm³/mol. The lowest BCUT2D eigenvalue weighted by molar-refractivity contribution is 0.414. The number of benzene rings is 3. The molecule has 0 saturated carbocycles. The van der Waals surface area contributed by atoms with Crippen molar-refractivity contribution < 1.29 is 17.5 Å². The SMILES string of the molecule is COc1ccc([C@@H](CNS(=O)(=O)c2cccc(F)c2)c2c[nH]c3ccccc23)cc1. The number of hydrogen-bond acceptors (Lipinski definition) is 3. The van der Waals surface area contributed by atoms with E-state index < -0.39 is 15.8 Å². The first-order valence-electron chi connectivity index (χ1n) is 9.43. The molecule has 1 atom stereocenters. The topological polar surface area (TPSA) is 71.2 Å². The highest BCUT2D eigenvalue weighted by atomic mass is 32.2. The summed E-state index contributed by atoms with van der Waals surface area (Å²) in [5, 5.41) is 1.02. The van der Waals surface area contributed by atoms with Gasteiger partial charge in [-0.15, -0.1) is 0 Å². The van der Waals surface area contributed by atoms with Crippen LogP contribution in [0.25, 0.3) is 10.9 Å². The summed E-state index contributed by atoms with van der Waals surface area (Å²) < 4.78 is 46.9. The van der Waals surface area contributed by atoms with E-state index in [1.54, 1.807) is 7.11 Å². The lowest BCUT2D eigenvalue weighted by atomic mass is 9.91. The van der Waals surface area contributed by atoms with Gasteiger partial charge in [0.1, 0.15) is 11.6 Å². The van der Waals surface area contributed by atoms with Gasteiger partial charge < -0.3 is 9.72 Å². The van der Waals surface area contributed by atoms with E-state index in [-0.39, 0.29) is 17.4 Å². The van der Waals surface area contributed by atoms with Crippen molar-refractivity contribution in [1.29, 1.82) is 0 Å². The Morgan fingerprint density at radius 3 is 2.53 bits per heavy atom. The second-order valence-corrected chi connectivity index (χ2v) is 8.69. The van der Waals surface area contributed by atoms with E-state index in [2.05, 4.69) is 9.71 Å². The number of para-hydroxylation sites is 1. The molecular weight excluding hydrogens is 403 g/mol. The largest absolute Gasteiger partial charge is 0.497 e. The number of sulfonamides is 1. The molecule has 4 rings (SSSR count). The molecule has 0 unspecified atom stereocenters. The second kappa shape index (κ2) is 8.30. The molecular formula is C23H21FN2O3S. The van der Waals surface area contributed by atoms with Gasteiger partial charge in [-0.1, -0.05) is 36.4 Å². The number of aromatic nitrogens is 1. The Balaban J connectivity index is 1.70. The van der Waals surface area contributed by atoms with Crippen LogP contribution in [0.3, 0.4) is 0 Å². The Morgan fingerprint density at radius 2 is 1.80 bits per heavy atom. The van der Waals surface area contributed by atoms with E-state index in [1.807, 2.05) is 54.7 Å². The minimum atomic E-state index is -3.87. The van der Waals surface area contributed by atoms with Gasteiger partial charge >= 0.3 is 0 Å². The Kier molecular flexibility index (Phi) is 5.57. The van der Waals surface area contributed by atoms with Gasteiger partial charge in [-0.3, -0.25) is 0 Å². The van der Waals surface area contributed by atoms with Crippen molar-refractivity contribution in [3.05, 3.63) is 95.9 Å². The first kappa shape index (κ1) is 20.1. The van der Waals surface area contributed by atoms with E-state index >= 15 is 0 Å². The summed E-state index contributed by atoms with van der Waals surface area (Å²) in [6.45, 7) is 0.118. The number of rotatable bonds is 7. The van der Waals surface area contributed by atoms with Crippen molar-refractivity contribution in [2.75, 3.05) is 13.7 Å². The van der Waals surface area contributed by atoms with Crippen LogP contribution in [0.4, 0.5) is 4.39 Å². The van der Waals surface area contributed by atoms with Gasteiger partial charge in [0.2, 0.25) is 10.0 Å². The molecule has 0 aliphatic carbocycles. The number of nitrogens with one attached hydrogen (secondary N) is 2. The van der Waals surface area contributed by atoms with Crippen LogP contribution >= 0.6 is 0 Å². The molecule has 1 aromatic heterocycles. The molecule has 0 radical (unpaired) electrons. The Hall–Kier alpha value is -3.16. The minimum absolute atomic E-state index is 0.102. The fraction of sp³-hybridized carbons (Fsp3) is 0.130. The molecule has 0 aliphatic rings. The van der Waals surface area contributed by atoms with E-state index in [0.717, 1.165) is 33.8 Å². The fourth-order valence-corrected chi connectivity index (χ4v) is 4.61. The zero-order valence-electron chi connectivity index (χ0n) is 16.3. The van der Waals surface area contributed by atoms with Crippen molar-refractivity contribution in [1.82, 2.24) is 9.71 Å². The highest BCUT2D eigenvalue weighted by Gasteiger charge is 2.22. The molecule has 0 bridgehead atoms. The third-order valence-corrected chi connectivity index (χ3v) is 6.52. The number of fused-ring (bicyclic) bond motifs is 1. The average Bonchev–Trinajstić information content (AvgIpc) is 3.18. The summed E-state index contributed by atoms with van der Waals surface area (Å²) >= 11 is 0. The van der Waals surface area contributed by atoms with Crippen molar-refractivity contribution in [3.8, 4) is 5.75 Å². The molecule has 0 fully saturated rings. The quantitative estimate of drug-likeness (QED) is 0.461. The lowest BCUT2D eigenvalue weighted by Gasteiger charge is -2.19. The molecule has 7 heteroatoms. The highest BCUT2D eigenvalue weighted by molar-refractivity contribution is 7.89. The third kappa shape index (κ3) is 4.08. The third-order valence-electron chi connectivity index (χ3n) is 5.10. The van der Waals surface area contributed by atoms with Gasteiger partial charge in [-0.25, -0.2) is 17.5 Å². The molecule has 2 N–H and O–H groups in total. The molecule has 0 aliphatic heterocycles. The van der Waals surface area contributed by atoms with Gasteiger partial charge in [0.15, 0.2) is 0 Å². The van der Waals surface area contributed by atoms with Gasteiger partial charge in [-0.2, -0.15) is 0 Å². The standard InChI is InChI=1S/C23H21FN2O3S/c1-29-18-11-9-16(10-12-18)21(22-14-25-23-8-3-2-7-20(22)23)15-26-30(27,28)19-6-4-5-17(24)13-19/h2-14,21,25-26H,15H2,1H3/t21-/m1/s1. The molecule has 4 aromatic rings. The van der Waals surface area contributed by atoms with E-state index in [1.165, 1.54) is 18.2 Å². The highest BCUT2D eigenvalue weighted by Crippen LogP contribution is 2.31. The maximum Gasteiger partial charge on any atom is 0.240 e. The Bertz CT molecular complexity index is 1270.